The van der Waals surface area contributed by atoms with Crippen molar-refractivity contribution in [2.45, 2.75) is 26.4 Å². The molecule has 4 aromatic rings. The van der Waals surface area contributed by atoms with Gasteiger partial charge in [0.05, 0.1) is 11.7 Å². The fourth-order valence-corrected chi connectivity index (χ4v) is 3.79. The van der Waals surface area contributed by atoms with Gasteiger partial charge in [-0.15, -0.1) is 11.3 Å². The van der Waals surface area contributed by atoms with Crippen molar-refractivity contribution in [1.29, 1.82) is 0 Å². The Bertz CT molecular complexity index is 1110. The summed E-state index contributed by atoms with van der Waals surface area (Å²) in [5.41, 5.74) is 1.34. The minimum Gasteiger partial charge on any atom is -0.341 e. The summed E-state index contributed by atoms with van der Waals surface area (Å²) in [5.74, 6) is 0.0914. The lowest BCUT2D eigenvalue weighted by Gasteiger charge is -2.13. The van der Waals surface area contributed by atoms with E-state index in [0.29, 0.717) is 34.3 Å². The molecule has 1 N–H and O–H groups in total. The van der Waals surface area contributed by atoms with E-state index >= 15 is 0 Å². The van der Waals surface area contributed by atoms with Crippen molar-refractivity contribution in [3.63, 3.8) is 0 Å². The monoisotopic (exact) mass is 384 g/mol. The van der Waals surface area contributed by atoms with Gasteiger partial charge in [-0.25, -0.2) is 19.0 Å². The summed E-state index contributed by atoms with van der Waals surface area (Å²) in [6.45, 7) is 4.49. The maximum atomic E-state index is 14.0. The van der Waals surface area contributed by atoms with E-state index in [4.69, 9.17) is 0 Å². The SMILES string of the molecule is CCn1ncnc1C(C)NC(=O)c1csc2nc(-c3ccccc3F)cn12. The minimum absolute atomic E-state index is 0.253. The third-order valence-electron chi connectivity index (χ3n) is 4.27. The highest BCUT2D eigenvalue weighted by atomic mass is 32.1. The van der Waals surface area contributed by atoms with E-state index in [2.05, 4.69) is 20.4 Å². The van der Waals surface area contributed by atoms with Gasteiger partial charge in [0.25, 0.3) is 5.91 Å². The number of carbonyl (C=O) groups excluding carboxylic acids is 1. The Labute approximate surface area is 158 Å². The lowest BCUT2D eigenvalue weighted by molar-refractivity contribution is 0.0931. The number of thiazole rings is 1. The summed E-state index contributed by atoms with van der Waals surface area (Å²) in [7, 11) is 0. The number of carbonyl (C=O) groups is 1. The van der Waals surface area contributed by atoms with Crippen LogP contribution < -0.4 is 5.32 Å². The van der Waals surface area contributed by atoms with Gasteiger partial charge < -0.3 is 5.32 Å². The molecular weight excluding hydrogens is 367 g/mol. The molecular formula is C18H17FN6OS. The second-order valence-electron chi connectivity index (χ2n) is 6.01. The number of aromatic nitrogens is 5. The molecule has 0 saturated carbocycles. The highest BCUT2D eigenvalue weighted by Crippen LogP contribution is 2.25. The molecule has 0 spiro atoms. The Hall–Kier alpha value is -3.07. The Morgan fingerprint density at radius 1 is 1.37 bits per heavy atom. The maximum Gasteiger partial charge on any atom is 0.269 e. The summed E-state index contributed by atoms with van der Waals surface area (Å²) in [6, 6.07) is 6.14. The minimum atomic E-state index is -0.346. The summed E-state index contributed by atoms with van der Waals surface area (Å²) in [6.07, 6.45) is 3.15. The van der Waals surface area contributed by atoms with Crippen molar-refractivity contribution >= 4 is 22.2 Å². The van der Waals surface area contributed by atoms with E-state index in [1.807, 2.05) is 13.8 Å². The summed E-state index contributed by atoms with van der Waals surface area (Å²) >= 11 is 1.33. The zero-order valence-electron chi connectivity index (χ0n) is 14.8. The van der Waals surface area contributed by atoms with Crippen LogP contribution in [0.2, 0.25) is 0 Å². The van der Waals surface area contributed by atoms with E-state index in [1.165, 1.54) is 23.7 Å². The van der Waals surface area contributed by atoms with Gasteiger partial charge in [0.2, 0.25) is 0 Å². The molecule has 0 fully saturated rings. The second-order valence-corrected chi connectivity index (χ2v) is 6.85. The number of aryl methyl sites for hydroxylation is 1. The zero-order valence-corrected chi connectivity index (χ0v) is 15.6. The third-order valence-corrected chi connectivity index (χ3v) is 5.11. The van der Waals surface area contributed by atoms with E-state index in [0.717, 1.165) is 0 Å². The Morgan fingerprint density at radius 2 is 2.19 bits per heavy atom. The number of rotatable bonds is 5. The normalized spacial score (nSPS) is 12.4. The first-order valence-corrected chi connectivity index (χ1v) is 9.36. The zero-order chi connectivity index (χ0) is 19.0. The van der Waals surface area contributed by atoms with Crippen LogP contribution >= 0.6 is 11.3 Å². The molecule has 0 aliphatic rings. The quantitative estimate of drug-likeness (QED) is 0.573. The first-order chi connectivity index (χ1) is 13.1. The average molecular weight is 384 g/mol. The summed E-state index contributed by atoms with van der Waals surface area (Å²) in [5, 5.41) is 8.80. The van der Waals surface area contributed by atoms with E-state index in [-0.39, 0.29) is 17.8 Å². The number of imidazole rings is 1. The number of amides is 1. The Morgan fingerprint density at radius 3 is 2.96 bits per heavy atom. The van der Waals surface area contributed by atoms with Crippen LogP contribution in [0.3, 0.4) is 0 Å². The van der Waals surface area contributed by atoms with Crippen molar-refractivity contribution in [3.05, 3.63) is 59.5 Å². The van der Waals surface area contributed by atoms with Crippen LogP contribution in [-0.2, 0) is 6.54 Å². The van der Waals surface area contributed by atoms with Gasteiger partial charge in [-0.05, 0) is 26.0 Å². The number of hydrogen-bond donors (Lipinski definition) is 1. The van der Waals surface area contributed by atoms with Crippen molar-refractivity contribution in [3.8, 4) is 11.3 Å². The predicted octanol–water partition coefficient (Wildman–Crippen LogP) is 3.30. The number of hydrogen-bond acceptors (Lipinski definition) is 5. The molecule has 4 rings (SSSR count). The van der Waals surface area contributed by atoms with Crippen LogP contribution in [0.5, 0.6) is 0 Å². The molecule has 3 heterocycles. The van der Waals surface area contributed by atoms with Crippen molar-refractivity contribution < 1.29 is 9.18 Å². The van der Waals surface area contributed by atoms with E-state index in [1.54, 1.807) is 38.9 Å². The molecule has 0 aliphatic carbocycles. The predicted molar refractivity (Wildman–Crippen MR) is 100 cm³/mol. The van der Waals surface area contributed by atoms with Crippen LogP contribution in [0.25, 0.3) is 16.2 Å². The molecule has 9 heteroatoms. The topological polar surface area (TPSA) is 77.1 Å². The summed E-state index contributed by atoms with van der Waals surface area (Å²) < 4.78 is 17.4. The molecule has 0 aliphatic heterocycles. The van der Waals surface area contributed by atoms with Crippen molar-refractivity contribution in [2.75, 3.05) is 0 Å². The molecule has 1 amide bonds. The lowest BCUT2D eigenvalue weighted by Crippen LogP contribution is -2.29. The van der Waals surface area contributed by atoms with E-state index in [9.17, 15) is 9.18 Å². The molecule has 1 aromatic carbocycles. The van der Waals surface area contributed by atoms with Gasteiger partial charge in [-0.1, -0.05) is 12.1 Å². The number of nitrogens with one attached hydrogen (secondary N) is 1. The highest BCUT2D eigenvalue weighted by molar-refractivity contribution is 7.15. The fraction of sp³-hybridized carbons (Fsp3) is 0.222. The van der Waals surface area contributed by atoms with Gasteiger partial charge in [0, 0.05) is 23.7 Å². The molecule has 1 atom stereocenters. The standard InChI is InChI=1S/C18H17FN6OS/c1-3-25-16(20-10-21-25)11(2)22-17(26)15-9-27-18-23-14(8-24(15)18)12-6-4-5-7-13(12)19/h4-11H,3H2,1-2H3,(H,22,26). The molecule has 7 nitrogen and oxygen atoms in total. The highest BCUT2D eigenvalue weighted by Gasteiger charge is 2.20. The maximum absolute atomic E-state index is 14.0. The molecule has 1 unspecified atom stereocenters. The number of fused-ring (bicyclic) bond motifs is 1. The number of halogens is 1. The molecule has 0 bridgehead atoms. The second kappa shape index (κ2) is 6.92. The van der Waals surface area contributed by atoms with Crippen molar-refractivity contribution in [1.82, 2.24) is 29.5 Å². The third kappa shape index (κ3) is 3.10. The smallest absolute Gasteiger partial charge is 0.269 e. The van der Waals surface area contributed by atoms with Gasteiger partial charge in [0.15, 0.2) is 4.96 Å². The van der Waals surface area contributed by atoms with Crippen LogP contribution in [0.15, 0.2) is 42.2 Å². The van der Waals surface area contributed by atoms with Gasteiger partial charge in [-0.2, -0.15) is 5.10 Å². The van der Waals surface area contributed by atoms with Gasteiger partial charge >= 0.3 is 0 Å². The first-order valence-electron chi connectivity index (χ1n) is 8.48. The van der Waals surface area contributed by atoms with Crippen LogP contribution in [0.4, 0.5) is 4.39 Å². The molecule has 3 aromatic heterocycles. The molecule has 27 heavy (non-hydrogen) atoms. The number of benzene rings is 1. The van der Waals surface area contributed by atoms with Gasteiger partial charge in [-0.3, -0.25) is 9.20 Å². The molecule has 0 radical (unpaired) electrons. The van der Waals surface area contributed by atoms with Crippen LogP contribution in [0.1, 0.15) is 36.2 Å². The van der Waals surface area contributed by atoms with Crippen LogP contribution in [-0.4, -0.2) is 30.1 Å². The molecule has 0 saturated heterocycles. The fourth-order valence-electron chi connectivity index (χ4n) is 2.93. The largest absolute Gasteiger partial charge is 0.341 e. The lowest BCUT2D eigenvalue weighted by atomic mass is 10.1. The molecule has 138 valence electrons. The average Bonchev–Trinajstić information content (AvgIpc) is 3.36. The Kier molecular flexibility index (Phi) is 4.44. The Balaban J connectivity index is 1.62. The van der Waals surface area contributed by atoms with E-state index < -0.39 is 0 Å². The first kappa shape index (κ1) is 17.3. The van der Waals surface area contributed by atoms with Crippen molar-refractivity contribution in [2.24, 2.45) is 0 Å². The summed E-state index contributed by atoms with van der Waals surface area (Å²) in [4.78, 5) is 22.0. The van der Waals surface area contributed by atoms with Gasteiger partial charge in [0.1, 0.15) is 23.7 Å². The van der Waals surface area contributed by atoms with Crippen LogP contribution in [0, 0.1) is 5.82 Å². The number of nitrogens with zero attached hydrogens (tertiary/aromatic N) is 5.